The van der Waals surface area contributed by atoms with Crippen molar-refractivity contribution in [2.45, 2.75) is 17.7 Å². The highest BCUT2D eigenvalue weighted by atomic mass is 35.5. The Bertz CT molecular complexity index is 1070. The van der Waals surface area contributed by atoms with E-state index < -0.39 is 27.6 Å². The fourth-order valence-corrected chi connectivity index (χ4v) is 3.86. The summed E-state index contributed by atoms with van der Waals surface area (Å²) in [6, 6.07) is 5.44. The number of aryl methyl sites for hydroxylation is 1. The van der Waals surface area contributed by atoms with Gasteiger partial charge in [-0.05, 0) is 37.1 Å². The quantitative estimate of drug-likeness (QED) is 0.553. The highest BCUT2D eigenvalue weighted by Gasteiger charge is 2.22. The number of pyridine rings is 1. The molecule has 0 spiro atoms. The van der Waals surface area contributed by atoms with Gasteiger partial charge in [-0.25, -0.2) is 12.8 Å². The van der Waals surface area contributed by atoms with Crippen LogP contribution in [0.4, 0.5) is 14.6 Å². The second kappa shape index (κ2) is 7.18. The van der Waals surface area contributed by atoms with Crippen molar-refractivity contribution in [2.75, 3.05) is 11.3 Å². The monoisotopic (exact) mass is 401 g/mol. The van der Waals surface area contributed by atoms with Crippen LogP contribution < -0.4 is 4.72 Å². The number of halogens is 3. The van der Waals surface area contributed by atoms with Gasteiger partial charge in [-0.1, -0.05) is 11.6 Å². The zero-order valence-electron chi connectivity index (χ0n) is 13.3. The van der Waals surface area contributed by atoms with Gasteiger partial charge in [0.15, 0.2) is 11.6 Å². The number of H-pyrrole nitrogens is 1. The number of rotatable bonds is 6. The molecule has 0 bridgehead atoms. The standard InChI is InChI=1S/C16H14ClF2N3O3S/c17-10-3-4-11-13(7-10)20-8-14(11)26(24,25)22-16-12(18)6-9(2-1-5-23)15(19)21-16/h3-4,6-8,20,23H,1-2,5H2,(H,21,22). The van der Waals surface area contributed by atoms with E-state index in [1.165, 1.54) is 18.3 Å². The van der Waals surface area contributed by atoms with Crippen LogP contribution in [0.3, 0.4) is 0 Å². The number of hydrogen-bond donors (Lipinski definition) is 3. The molecule has 0 atom stereocenters. The lowest BCUT2D eigenvalue weighted by molar-refractivity contribution is 0.287. The zero-order valence-corrected chi connectivity index (χ0v) is 14.8. The number of hydrogen-bond acceptors (Lipinski definition) is 4. The number of aliphatic hydroxyl groups excluding tert-OH is 1. The van der Waals surface area contributed by atoms with Gasteiger partial charge in [0.1, 0.15) is 4.90 Å². The molecule has 6 nitrogen and oxygen atoms in total. The van der Waals surface area contributed by atoms with Crippen molar-refractivity contribution >= 4 is 38.3 Å². The molecule has 0 radical (unpaired) electrons. The van der Waals surface area contributed by atoms with Gasteiger partial charge in [0, 0.05) is 34.3 Å². The second-order valence-corrected chi connectivity index (χ2v) is 7.63. The lowest BCUT2D eigenvalue weighted by Gasteiger charge is -2.09. The summed E-state index contributed by atoms with van der Waals surface area (Å²) in [7, 11) is -4.21. The Hall–Kier alpha value is -2.23. The van der Waals surface area contributed by atoms with Crippen molar-refractivity contribution in [3.05, 3.63) is 52.8 Å². The van der Waals surface area contributed by atoms with Gasteiger partial charge in [0.2, 0.25) is 5.95 Å². The SMILES string of the molecule is O=S(=O)(Nc1nc(F)c(CCCO)cc1F)c1c[nH]c2cc(Cl)ccc12. The van der Waals surface area contributed by atoms with Crippen molar-refractivity contribution in [3.63, 3.8) is 0 Å². The van der Waals surface area contributed by atoms with Gasteiger partial charge in [-0.15, -0.1) is 0 Å². The number of nitrogens with zero attached hydrogens (tertiary/aromatic N) is 1. The summed E-state index contributed by atoms with van der Waals surface area (Å²) < 4.78 is 55.2. The van der Waals surface area contributed by atoms with Crippen LogP contribution in [-0.2, 0) is 16.4 Å². The van der Waals surface area contributed by atoms with Crippen molar-refractivity contribution in [2.24, 2.45) is 0 Å². The maximum Gasteiger partial charge on any atom is 0.265 e. The van der Waals surface area contributed by atoms with E-state index in [2.05, 4.69) is 9.97 Å². The van der Waals surface area contributed by atoms with Gasteiger partial charge in [-0.3, -0.25) is 4.72 Å². The Kier molecular flexibility index (Phi) is 5.12. The predicted octanol–water partition coefficient (Wildman–Crippen LogP) is 3.22. The fraction of sp³-hybridized carbons (Fsp3) is 0.188. The summed E-state index contributed by atoms with van der Waals surface area (Å²) in [4.78, 5) is 5.99. The molecule has 10 heteroatoms. The lowest BCUT2D eigenvalue weighted by atomic mass is 10.1. The Labute approximate surface area is 152 Å². The molecule has 0 aliphatic rings. The van der Waals surface area contributed by atoms with Crippen molar-refractivity contribution in [1.29, 1.82) is 0 Å². The third kappa shape index (κ3) is 3.64. The number of sulfonamides is 1. The van der Waals surface area contributed by atoms with Gasteiger partial charge in [0.05, 0.1) is 0 Å². The number of anilines is 1. The van der Waals surface area contributed by atoms with Crippen LogP contribution in [0.2, 0.25) is 5.02 Å². The van der Waals surface area contributed by atoms with Crippen molar-refractivity contribution in [3.8, 4) is 0 Å². The van der Waals surface area contributed by atoms with Crippen LogP contribution in [0, 0.1) is 11.8 Å². The number of aliphatic hydroxyl groups is 1. The van der Waals surface area contributed by atoms with E-state index in [1.807, 2.05) is 4.72 Å². The molecule has 2 heterocycles. The second-order valence-electron chi connectivity index (χ2n) is 5.54. The molecular formula is C16H14ClF2N3O3S. The van der Waals surface area contributed by atoms with Crippen LogP contribution in [-0.4, -0.2) is 30.1 Å². The Morgan fingerprint density at radius 2 is 2.04 bits per heavy atom. The average Bonchev–Trinajstić information content (AvgIpc) is 3.00. The summed E-state index contributed by atoms with van der Waals surface area (Å²) in [6.45, 7) is -0.181. The largest absolute Gasteiger partial charge is 0.396 e. The van der Waals surface area contributed by atoms with E-state index >= 15 is 0 Å². The summed E-state index contributed by atoms with van der Waals surface area (Å²) in [5.41, 5.74) is 0.443. The summed E-state index contributed by atoms with van der Waals surface area (Å²) >= 11 is 5.86. The minimum atomic E-state index is -4.21. The van der Waals surface area contributed by atoms with Gasteiger partial charge in [-0.2, -0.15) is 9.37 Å². The minimum absolute atomic E-state index is 0.0405. The van der Waals surface area contributed by atoms with Gasteiger partial charge >= 0.3 is 0 Å². The first-order chi connectivity index (χ1) is 12.3. The molecule has 2 aromatic heterocycles. The molecule has 0 aliphatic carbocycles. The predicted molar refractivity (Wildman–Crippen MR) is 93.7 cm³/mol. The number of aromatic nitrogens is 2. The van der Waals surface area contributed by atoms with E-state index in [0.29, 0.717) is 15.9 Å². The molecule has 0 unspecified atom stereocenters. The maximum absolute atomic E-state index is 14.2. The van der Waals surface area contributed by atoms with Gasteiger partial charge < -0.3 is 10.1 Å². The number of nitrogens with one attached hydrogen (secondary N) is 2. The van der Waals surface area contributed by atoms with Crippen LogP contribution in [0.25, 0.3) is 10.9 Å². The molecule has 26 heavy (non-hydrogen) atoms. The Balaban J connectivity index is 1.95. The molecule has 0 aliphatic heterocycles. The van der Waals surface area contributed by atoms with Crippen LogP contribution >= 0.6 is 11.6 Å². The maximum atomic E-state index is 14.2. The van der Waals surface area contributed by atoms with E-state index in [-0.39, 0.29) is 29.9 Å². The minimum Gasteiger partial charge on any atom is -0.396 e. The molecule has 1 aromatic carbocycles. The zero-order chi connectivity index (χ0) is 18.9. The van der Waals surface area contributed by atoms with Crippen molar-refractivity contribution < 1.29 is 22.3 Å². The Morgan fingerprint density at radius 3 is 2.77 bits per heavy atom. The van der Waals surface area contributed by atoms with E-state index in [9.17, 15) is 17.2 Å². The molecule has 0 saturated heterocycles. The van der Waals surface area contributed by atoms with Gasteiger partial charge in [0.25, 0.3) is 10.0 Å². The van der Waals surface area contributed by atoms with E-state index in [0.717, 1.165) is 6.07 Å². The van der Waals surface area contributed by atoms with Crippen LogP contribution in [0.1, 0.15) is 12.0 Å². The highest BCUT2D eigenvalue weighted by molar-refractivity contribution is 7.93. The highest BCUT2D eigenvalue weighted by Crippen LogP contribution is 2.27. The third-order valence-electron chi connectivity index (χ3n) is 3.73. The first-order valence-corrected chi connectivity index (χ1v) is 9.43. The van der Waals surface area contributed by atoms with Crippen molar-refractivity contribution in [1.82, 2.24) is 9.97 Å². The number of aromatic amines is 1. The first-order valence-electron chi connectivity index (χ1n) is 7.57. The molecular weight excluding hydrogens is 388 g/mol. The molecule has 0 saturated carbocycles. The molecule has 0 amide bonds. The number of benzene rings is 1. The summed E-state index contributed by atoms with van der Waals surface area (Å²) in [5.74, 6) is -2.74. The first kappa shape index (κ1) is 18.6. The Morgan fingerprint density at radius 1 is 1.27 bits per heavy atom. The molecule has 138 valence electrons. The lowest BCUT2D eigenvalue weighted by Crippen LogP contribution is -2.16. The van der Waals surface area contributed by atoms with Crippen LogP contribution in [0.15, 0.2) is 35.4 Å². The summed E-state index contributed by atoms with van der Waals surface area (Å²) in [5, 5.41) is 9.54. The van der Waals surface area contributed by atoms with Crippen LogP contribution in [0.5, 0.6) is 0 Å². The molecule has 3 rings (SSSR count). The van der Waals surface area contributed by atoms with E-state index in [1.54, 1.807) is 6.07 Å². The normalized spacial score (nSPS) is 11.8. The summed E-state index contributed by atoms with van der Waals surface area (Å²) in [6.07, 6.45) is 1.55. The van der Waals surface area contributed by atoms with E-state index in [4.69, 9.17) is 16.7 Å². The topological polar surface area (TPSA) is 95.1 Å². The third-order valence-corrected chi connectivity index (χ3v) is 5.35. The molecule has 0 fully saturated rings. The number of fused-ring (bicyclic) bond motifs is 1. The fourth-order valence-electron chi connectivity index (χ4n) is 2.50. The smallest absolute Gasteiger partial charge is 0.265 e. The average molecular weight is 402 g/mol. The molecule has 3 N–H and O–H groups in total. The molecule has 3 aromatic rings.